The van der Waals surface area contributed by atoms with Crippen LogP contribution in [0.15, 0.2) is 17.8 Å². The molecule has 2 aromatic rings. The molecule has 0 aromatic carbocycles. The van der Waals surface area contributed by atoms with Crippen molar-refractivity contribution in [2.45, 2.75) is 32.7 Å². The zero-order chi connectivity index (χ0) is 13.0. The van der Waals surface area contributed by atoms with Gasteiger partial charge in [0.05, 0.1) is 16.9 Å². The quantitative estimate of drug-likeness (QED) is 0.871. The molecule has 0 amide bonds. The molecule has 98 valence electrons. The van der Waals surface area contributed by atoms with Crippen LogP contribution >= 0.6 is 11.3 Å². The highest BCUT2D eigenvalue weighted by molar-refractivity contribution is 7.09. The lowest BCUT2D eigenvalue weighted by molar-refractivity contribution is 0.525. The second kappa shape index (κ2) is 6.11. The summed E-state index contributed by atoms with van der Waals surface area (Å²) in [5.41, 5.74) is 2.39. The maximum atomic E-state index is 4.54. The lowest BCUT2D eigenvalue weighted by Gasteiger charge is -2.15. The predicted octanol–water partition coefficient (Wildman–Crippen LogP) is 2.47. The van der Waals surface area contributed by atoms with Crippen molar-refractivity contribution in [1.82, 2.24) is 20.1 Å². The van der Waals surface area contributed by atoms with Crippen molar-refractivity contribution < 1.29 is 0 Å². The number of aromatic nitrogens is 3. The fourth-order valence-electron chi connectivity index (χ4n) is 1.96. The van der Waals surface area contributed by atoms with Gasteiger partial charge in [-0.1, -0.05) is 6.92 Å². The van der Waals surface area contributed by atoms with Gasteiger partial charge in [-0.2, -0.15) is 5.10 Å². The van der Waals surface area contributed by atoms with E-state index >= 15 is 0 Å². The Morgan fingerprint density at radius 3 is 2.89 bits per heavy atom. The maximum Gasteiger partial charge on any atom is 0.0897 e. The van der Waals surface area contributed by atoms with Gasteiger partial charge < -0.3 is 5.32 Å². The van der Waals surface area contributed by atoms with Crippen molar-refractivity contribution in [1.29, 1.82) is 0 Å². The largest absolute Gasteiger partial charge is 0.310 e. The van der Waals surface area contributed by atoms with Gasteiger partial charge >= 0.3 is 0 Å². The first-order valence-corrected chi connectivity index (χ1v) is 7.20. The Hall–Kier alpha value is -1.20. The fraction of sp³-hybridized carbons (Fsp3) is 0.538. The third-order valence-electron chi connectivity index (χ3n) is 2.85. The molecule has 1 atom stereocenters. The number of nitrogens with one attached hydrogen (secondary N) is 1. The summed E-state index contributed by atoms with van der Waals surface area (Å²) in [5, 5.41) is 11.1. The van der Waals surface area contributed by atoms with Gasteiger partial charge in [0.1, 0.15) is 0 Å². The van der Waals surface area contributed by atoms with E-state index in [4.69, 9.17) is 0 Å². The average molecular weight is 264 g/mol. The van der Waals surface area contributed by atoms with E-state index in [9.17, 15) is 0 Å². The van der Waals surface area contributed by atoms with Crippen molar-refractivity contribution in [3.05, 3.63) is 34.0 Å². The van der Waals surface area contributed by atoms with Crippen LogP contribution in [0.1, 0.15) is 35.7 Å². The smallest absolute Gasteiger partial charge is 0.0897 e. The molecule has 2 aromatic heterocycles. The average Bonchev–Trinajstić information content (AvgIpc) is 2.93. The highest BCUT2D eigenvalue weighted by Gasteiger charge is 2.14. The van der Waals surface area contributed by atoms with E-state index in [1.54, 1.807) is 11.3 Å². The standard InChI is InChI=1S/C13H20N4S/c1-4-5-14-13(11-7-15-17(3)8-11)6-12-9-18-10(2)16-12/h7-9,13-14H,4-6H2,1-3H3. The molecular formula is C13H20N4S. The molecule has 18 heavy (non-hydrogen) atoms. The van der Waals surface area contributed by atoms with Crippen LogP contribution < -0.4 is 5.32 Å². The summed E-state index contributed by atoms with van der Waals surface area (Å²) in [6, 6.07) is 0.306. The monoisotopic (exact) mass is 264 g/mol. The molecule has 1 unspecified atom stereocenters. The van der Waals surface area contributed by atoms with Crippen LogP contribution in [-0.2, 0) is 13.5 Å². The molecule has 2 heterocycles. The SMILES string of the molecule is CCCNC(Cc1csc(C)n1)c1cnn(C)c1. The van der Waals surface area contributed by atoms with Crippen molar-refractivity contribution in [3.8, 4) is 0 Å². The summed E-state index contributed by atoms with van der Waals surface area (Å²) in [4.78, 5) is 4.54. The zero-order valence-electron chi connectivity index (χ0n) is 11.2. The number of aryl methyl sites for hydroxylation is 2. The molecular weight excluding hydrogens is 244 g/mol. The minimum atomic E-state index is 0.306. The molecule has 0 fully saturated rings. The summed E-state index contributed by atoms with van der Waals surface area (Å²) in [6.07, 6.45) is 6.07. The Kier molecular flexibility index (Phi) is 4.49. The van der Waals surface area contributed by atoms with Gasteiger partial charge in [-0.15, -0.1) is 11.3 Å². The maximum absolute atomic E-state index is 4.54. The summed E-state index contributed by atoms with van der Waals surface area (Å²) in [5.74, 6) is 0. The molecule has 2 rings (SSSR count). The van der Waals surface area contributed by atoms with Gasteiger partial charge in [0.15, 0.2) is 0 Å². The number of hydrogen-bond donors (Lipinski definition) is 1. The van der Waals surface area contributed by atoms with Gasteiger partial charge in [0.2, 0.25) is 0 Å². The van der Waals surface area contributed by atoms with Crippen LogP contribution in [0.25, 0.3) is 0 Å². The highest BCUT2D eigenvalue weighted by atomic mass is 32.1. The molecule has 0 radical (unpaired) electrons. The molecule has 0 saturated carbocycles. The molecule has 0 aliphatic heterocycles. The van der Waals surface area contributed by atoms with Crippen LogP contribution in [0.2, 0.25) is 0 Å². The lowest BCUT2D eigenvalue weighted by Crippen LogP contribution is -2.24. The fourth-order valence-corrected chi connectivity index (χ4v) is 2.58. The number of thiazole rings is 1. The Morgan fingerprint density at radius 1 is 1.50 bits per heavy atom. The summed E-state index contributed by atoms with van der Waals surface area (Å²) in [7, 11) is 1.95. The molecule has 0 spiro atoms. The molecule has 0 aliphatic carbocycles. The number of hydrogen-bond acceptors (Lipinski definition) is 4. The van der Waals surface area contributed by atoms with E-state index in [1.807, 2.05) is 24.9 Å². The summed E-state index contributed by atoms with van der Waals surface area (Å²) < 4.78 is 1.85. The first-order valence-electron chi connectivity index (χ1n) is 6.32. The number of rotatable bonds is 6. The number of nitrogens with zero attached hydrogens (tertiary/aromatic N) is 3. The Bertz CT molecular complexity index is 489. The molecule has 0 saturated heterocycles. The van der Waals surface area contributed by atoms with Crippen molar-refractivity contribution in [2.75, 3.05) is 6.54 Å². The van der Waals surface area contributed by atoms with E-state index in [0.717, 1.165) is 30.1 Å². The molecule has 0 bridgehead atoms. The van der Waals surface area contributed by atoms with E-state index in [0.29, 0.717) is 6.04 Å². The Labute approximate surface area is 112 Å². The normalized spacial score (nSPS) is 12.8. The molecule has 4 nitrogen and oxygen atoms in total. The first-order chi connectivity index (χ1) is 8.69. The van der Waals surface area contributed by atoms with Crippen molar-refractivity contribution >= 4 is 11.3 Å². The van der Waals surface area contributed by atoms with E-state index in [1.165, 1.54) is 5.56 Å². The van der Waals surface area contributed by atoms with Crippen molar-refractivity contribution in [2.24, 2.45) is 7.05 Å². The minimum absolute atomic E-state index is 0.306. The first kappa shape index (κ1) is 13.2. The second-order valence-electron chi connectivity index (χ2n) is 4.52. The van der Waals surface area contributed by atoms with Gasteiger partial charge in [-0.05, 0) is 19.9 Å². The van der Waals surface area contributed by atoms with Crippen LogP contribution in [0.5, 0.6) is 0 Å². The highest BCUT2D eigenvalue weighted by Crippen LogP contribution is 2.19. The Balaban J connectivity index is 2.09. The van der Waals surface area contributed by atoms with E-state index in [2.05, 4.69) is 33.9 Å². The predicted molar refractivity (Wildman–Crippen MR) is 74.8 cm³/mol. The van der Waals surface area contributed by atoms with Crippen LogP contribution in [0.3, 0.4) is 0 Å². The van der Waals surface area contributed by atoms with Gasteiger partial charge in [0.25, 0.3) is 0 Å². The van der Waals surface area contributed by atoms with Crippen molar-refractivity contribution in [3.63, 3.8) is 0 Å². The van der Waals surface area contributed by atoms with E-state index in [-0.39, 0.29) is 0 Å². The summed E-state index contributed by atoms with van der Waals surface area (Å²) >= 11 is 1.71. The van der Waals surface area contributed by atoms with E-state index < -0.39 is 0 Å². The minimum Gasteiger partial charge on any atom is -0.310 e. The van der Waals surface area contributed by atoms with Crippen LogP contribution in [-0.4, -0.2) is 21.3 Å². The molecule has 1 N–H and O–H groups in total. The molecule has 0 aliphatic rings. The third kappa shape index (κ3) is 3.40. The lowest BCUT2D eigenvalue weighted by atomic mass is 10.1. The van der Waals surface area contributed by atoms with Crippen LogP contribution in [0, 0.1) is 6.92 Å². The molecule has 5 heteroatoms. The summed E-state index contributed by atoms with van der Waals surface area (Å²) in [6.45, 7) is 5.25. The van der Waals surface area contributed by atoms with Gasteiger partial charge in [-0.3, -0.25) is 4.68 Å². The van der Waals surface area contributed by atoms with Gasteiger partial charge in [0, 0.05) is 36.7 Å². The second-order valence-corrected chi connectivity index (χ2v) is 5.58. The van der Waals surface area contributed by atoms with Crippen LogP contribution in [0.4, 0.5) is 0 Å². The topological polar surface area (TPSA) is 42.7 Å². The van der Waals surface area contributed by atoms with Gasteiger partial charge in [-0.25, -0.2) is 4.98 Å². The third-order valence-corrected chi connectivity index (χ3v) is 3.67. The Morgan fingerprint density at radius 2 is 2.33 bits per heavy atom. The zero-order valence-corrected chi connectivity index (χ0v) is 12.0.